The Kier molecular flexibility index (Phi) is 6.95. The van der Waals surface area contributed by atoms with Crippen LogP contribution in [0.4, 0.5) is 5.69 Å². The van der Waals surface area contributed by atoms with Gasteiger partial charge in [0, 0.05) is 23.6 Å². The Bertz CT molecular complexity index is 1120. The molecule has 6 nitrogen and oxygen atoms in total. The molecule has 0 spiro atoms. The van der Waals surface area contributed by atoms with E-state index >= 15 is 0 Å². The molecule has 166 valence electrons. The summed E-state index contributed by atoms with van der Waals surface area (Å²) in [5, 5.41) is 13.1. The average molecular weight is 452 g/mol. The Morgan fingerprint density at radius 2 is 1.81 bits per heavy atom. The number of rotatable bonds is 7. The number of nitro groups is 1. The van der Waals surface area contributed by atoms with Gasteiger partial charge in [-0.3, -0.25) is 10.1 Å². The second-order valence-corrected chi connectivity index (χ2v) is 8.70. The number of nitro benzene ring substituents is 1. The lowest BCUT2D eigenvalue weighted by Gasteiger charge is -2.33. The number of fused-ring (bicyclic) bond motifs is 1. The minimum atomic E-state index is -0.483. The maximum absolute atomic E-state index is 12.9. The Morgan fingerprint density at radius 3 is 2.56 bits per heavy atom. The number of thioether (sulfide) groups is 1. The first-order valence-corrected chi connectivity index (χ1v) is 12.1. The quantitative estimate of drug-likeness (QED) is 0.181. The lowest BCUT2D eigenvalue weighted by atomic mass is 9.79. The molecule has 0 bridgehead atoms. The molecule has 4 rings (SSSR count). The van der Waals surface area contributed by atoms with Crippen LogP contribution >= 0.6 is 11.8 Å². The number of non-ortho nitro benzene ring substituents is 1. The first-order chi connectivity index (χ1) is 15.6. The number of carbonyl (C=O) groups excluding carboxylic acids is 1. The van der Waals surface area contributed by atoms with Gasteiger partial charge in [0.15, 0.2) is 0 Å². The zero-order chi connectivity index (χ0) is 22.5. The highest BCUT2D eigenvalue weighted by atomic mass is 32.2. The van der Waals surface area contributed by atoms with E-state index in [1.807, 2.05) is 24.5 Å². The molecule has 7 heteroatoms. The molecule has 0 aliphatic heterocycles. The van der Waals surface area contributed by atoms with Crippen molar-refractivity contribution in [3.05, 3.63) is 81.9 Å². The first-order valence-electron chi connectivity index (χ1n) is 10.7. The predicted octanol–water partition coefficient (Wildman–Crippen LogP) is 6.33. The minimum absolute atomic E-state index is 0.0219. The maximum Gasteiger partial charge on any atom is 0.338 e. The summed E-state index contributed by atoms with van der Waals surface area (Å²) in [6, 6.07) is 17.8. The van der Waals surface area contributed by atoms with Crippen LogP contribution in [0.1, 0.15) is 47.5 Å². The summed E-state index contributed by atoms with van der Waals surface area (Å²) >= 11 is 1.61. The lowest BCUT2D eigenvalue weighted by Crippen LogP contribution is -2.29. The molecule has 1 fully saturated rings. The van der Waals surface area contributed by atoms with Crippen molar-refractivity contribution in [2.75, 3.05) is 12.2 Å². The summed E-state index contributed by atoms with van der Waals surface area (Å²) in [5.41, 5.74) is 1.36. The van der Waals surface area contributed by atoms with E-state index in [4.69, 9.17) is 9.47 Å². The highest BCUT2D eigenvalue weighted by Crippen LogP contribution is 2.43. The molecule has 3 aromatic carbocycles. The number of nitrogens with zero attached hydrogens (tertiary/aromatic N) is 1. The monoisotopic (exact) mass is 451 g/mol. The van der Waals surface area contributed by atoms with Gasteiger partial charge in [0.2, 0.25) is 0 Å². The number of esters is 1. The molecule has 0 amide bonds. The molecular formula is C25H25NO5S. The number of hydrogen-bond donors (Lipinski definition) is 0. The first kappa shape index (κ1) is 22.1. The molecule has 0 heterocycles. The van der Waals surface area contributed by atoms with Crippen molar-refractivity contribution in [1.29, 1.82) is 0 Å². The standard InChI is InChI=1S/C25H25NO5S/c1-32-16-30-23-15-12-17-6-2-3-7-20(17)24(23)21-8-4-5-9-22(21)31-25(27)18-10-13-19(14-11-18)26(28)29/h2-3,6-7,10-15,21-22H,4-5,8-9,16H2,1H3/t21-,22+/m1/s1. The molecule has 2 atom stereocenters. The fourth-order valence-corrected chi connectivity index (χ4v) is 4.64. The fraction of sp³-hybridized carbons (Fsp3) is 0.320. The van der Waals surface area contributed by atoms with Gasteiger partial charge in [-0.25, -0.2) is 4.79 Å². The van der Waals surface area contributed by atoms with Gasteiger partial charge in [-0.15, -0.1) is 11.8 Å². The zero-order valence-corrected chi connectivity index (χ0v) is 18.7. The average Bonchev–Trinajstić information content (AvgIpc) is 2.83. The van der Waals surface area contributed by atoms with E-state index in [1.165, 1.54) is 24.3 Å². The van der Waals surface area contributed by atoms with Gasteiger partial charge in [0.1, 0.15) is 17.8 Å². The third kappa shape index (κ3) is 4.72. The molecular weight excluding hydrogens is 426 g/mol. The van der Waals surface area contributed by atoms with Crippen LogP contribution < -0.4 is 4.74 Å². The van der Waals surface area contributed by atoms with Gasteiger partial charge >= 0.3 is 5.97 Å². The van der Waals surface area contributed by atoms with Crippen molar-refractivity contribution in [1.82, 2.24) is 0 Å². The van der Waals surface area contributed by atoms with Crippen molar-refractivity contribution >= 4 is 34.2 Å². The molecule has 3 aromatic rings. The van der Waals surface area contributed by atoms with E-state index in [-0.39, 0.29) is 17.7 Å². The number of ether oxygens (including phenoxy) is 2. The molecule has 0 N–H and O–H groups in total. The van der Waals surface area contributed by atoms with Crippen LogP contribution in [0.5, 0.6) is 5.75 Å². The highest BCUT2D eigenvalue weighted by molar-refractivity contribution is 7.98. The van der Waals surface area contributed by atoms with Gasteiger partial charge in [-0.2, -0.15) is 0 Å². The van der Waals surface area contributed by atoms with Crippen molar-refractivity contribution in [3.63, 3.8) is 0 Å². The van der Waals surface area contributed by atoms with Crippen LogP contribution in [-0.4, -0.2) is 29.2 Å². The molecule has 1 aliphatic carbocycles. The van der Waals surface area contributed by atoms with E-state index < -0.39 is 10.9 Å². The molecule has 0 aromatic heterocycles. The summed E-state index contributed by atoms with van der Waals surface area (Å²) in [6.07, 6.45) is 5.43. The highest BCUT2D eigenvalue weighted by Gasteiger charge is 2.33. The van der Waals surface area contributed by atoms with Gasteiger partial charge in [-0.1, -0.05) is 36.8 Å². The molecule has 32 heavy (non-hydrogen) atoms. The number of benzene rings is 3. The smallest absolute Gasteiger partial charge is 0.338 e. The van der Waals surface area contributed by atoms with E-state index in [2.05, 4.69) is 18.2 Å². The molecule has 0 unspecified atom stereocenters. The van der Waals surface area contributed by atoms with E-state index in [1.54, 1.807) is 11.8 Å². The van der Waals surface area contributed by atoms with Crippen molar-refractivity contribution in [3.8, 4) is 5.75 Å². The molecule has 1 aliphatic rings. The van der Waals surface area contributed by atoms with Crippen LogP contribution in [-0.2, 0) is 4.74 Å². The second kappa shape index (κ2) is 10.0. The maximum atomic E-state index is 12.9. The van der Waals surface area contributed by atoms with Crippen LogP contribution in [0.3, 0.4) is 0 Å². The third-order valence-electron chi connectivity index (χ3n) is 5.91. The normalized spacial score (nSPS) is 18.3. The Balaban J connectivity index is 1.65. The Labute approximate surface area is 191 Å². The summed E-state index contributed by atoms with van der Waals surface area (Å²) in [5.74, 6) is 0.948. The van der Waals surface area contributed by atoms with Gasteiger partial charge in [-0.05, 0) is 54.5 Å². The minimum Gasteiger partial charge on any atom is -0.483 e. The van der Waals surface area contributed by atoms with Gasteiger partial charge < -0.3 is 9.47 Å². The van der Waals surface area contributed by atoms with Crippen LogP contribution in [0.15, 0.2) is 60.7 Å². The van der Waals surface area contributed by atoms with Crippen molar-refractivity contribution in [2.24, 2.45) is 0 Å². The third-order valence-corrected chi connectivity index (χ3v) is 6.26. The summed E-state index contributed by atoms with van der Waals surface area (Å²) in [4.78, 5) is 23.3. The van der Waals surface area contributed by atoms with Crippen molar-refractivity contribution < 1.29 is 19.2 Å². The summed E-state index contributed by atoms with van der Waals surface area (Å²) in [7, 11) is 0. The Hall–Kier alpha value is -3.06. The summed E-state index contributed by atoms with van der Waals surface area (Å²) in [6.45, 7) is 0. The van der Waals surface area contributed by atoms with Crippen LogP contribution in [0, 0.1) is 10.1 Å². The number of carbonyl (C=O) groups is 1. The lowest BCUT2D eigenvalue weighted by molar-refractivity contribution is -0.384. The SMILES string of the molecule is CSCOc1ccc2ccccc2c1[C@@H]1CCCC[C@@H]1OC(=O)c1ccc([N+](=O)[O-])cc1. The zero-order valence-electron chi connectivity index (χ0n) is 17.9. The van der Waals surface area contributed by atoms with E-state index in [9.17, 15) is 14.9 Å². The predicted molar refractivity (Wildman–Crippen MR) is 126 cm³/mol. The fourth-order valence-electron chi connectivity index (χ4n) is 4.40. The molecule has 1 saturated carbocycles. The summed E-state index contributed by atoms with van der Waals surface area (Å²) < 4.78 is 12.1. The van der Waals surface area contributed by atoms with E-state index in [0.717, 1.165) is 47.8 Å². The molecule has 0 radical (unpaired) electrons. The van der Waals surface area contributed by atoms with Crippen LogP contribution in [0.2, 0.25) is 0 Å². The van der Waals surface area contributed by atoms with Gasteiger partial charge in [0.05, 0.1) is 10.5 Å². The Morgan fingerprint density at radius 1 is 1.06 bits per heavy atom. The topological polar surface area (TPSA) is 78.7 Å². The van der Waals surface area contributed by atoms with Gasteiger partial charge in [0.25, 0.3) is 5.69 Å². The largest absolute Gasteiger partial charge is 0.483 e. The van der Waals surface area contributed by atoms with Crippen molar-refractivity contribution in [2.45, 2.75) is 37.7 Å². The van der Waals surface area contributed by atoms with E-state index in [0.29, 0.717) is 11.5 Å². The molecule has 0 saturated heterocycles. The van der Waals surface area contributed by atoms with Crippen LogP contribution in [0.25, 0.3) is 10.8 Å². The number of hydrogen-bond acceptors (Lipinski definition) is 6. The second-order valence-electron chi connectivity index (χ2n) is 7.89.